The number of nitrogens with zero attached hydrogens (tertiary/aromatic N) is 1. The molecule has 0 bridgehead atoms. The van der Waals surface area contributed by atoms with Gasteiger partial charge in [-0.15, -0.1) is 0 Å². The molecule has 0 aliphatic carbocycles. The van der Waals surface area contributed by atoms with Gasteiger partial charge in [0.05, 0.1) is 7.11 Å². The first-order valence-corrected chi connectivity index (χ1v) is 8.49. The molecule has 0 aliphatic heterocycles. The number of hydrogen-bond donors (Lipinski definition) is 3. The SMILES string of the molecule is CNC(=O)[C@@](C)(C(=O)NO)N(C)C(=O)c1ccc(-c2ccc(OC)cc2)cc1. The molecular formula is C20H23N3O5. The normalized spacial score (nSPS) is 12.5. The summed E-state index contributed by atoms with van der Waals surface area (Å²) in [5.41, 5.74) is 1.65. The van der Waals surface area contributed by atoms with E-state index in [2.05, 4.69) is 5.32 Å². The van der Waals surface area contributed by atoms with Gasteiger partial charge in [0, 0.05) is 19.7 Å². The van der Waals surface area contributed by atoms with Gasteiger partial charge in [-0.1, -0.05) is 24.3 Å². The van der Waals surface area contributed by atoms with Crippen LogP contribution in [0.15, 0.2) is 48.5 Å². The molecule has 28 heavy (non-hydrogen) atoms. The summed E-state index contributed by atoms with van der Waals surface area (Å²) in [5, 5.41) is 11.3. The summed E-state index contributed by atoms with van der Waals surface area (Å²) in [7, 11) is 4.26. The van der Waals surface area contributed by atoms with E-state index >= 15 is 0 Å². The molecule has 0 saturated carbocycles. The smallest absolute Gasteiger partial charge is 0.278 e. The lowest BCUT2D eigenvalue weighted by molar-refractivity contribution is -0.148. The molecule has 0 spiro atoms. The zero-order chi connectivity index (χ0) is 20.9. The molecule has 0 saturated heterocycles. The topological polar surface area (TPSA) is 108 Å². The minimum atomic E-state index is -1.92. The second-order valence-electron chi connectivity index (χ2n) is 6.26. The molecule has 0 aromatic heterocycles. The molecule has 148 valence electrons. The van der Waals surface area contributed by atoms with E-state index in [1.165, 1.54) is 26.5 Å². The summed E-state index contributed by atoms with van der Waals surface area (Å²) >= 11 is 0. The molecule has 2 aromatic rings. The summed E-state index contributed by atoms with van der Waals surface area (Å²) in [6.07, 6.45) is 0. The lowest BCUT2D eigenvalue weighted by Gasteiger charge is -2.34. The molecule has 0 aliphatic rings. The van der Waals surface area contributed by atoms with E-state index in [9.17, 15) is 14.4 Å². The van der Waals surface area contributed by atoms with Gasteiger partial charge >= 0.3 is 0 Å². The maximum Gasteiger partial charge on any atom is 0.278 e. The molecule has 3 amide bonds. The number of amides is 3. The third-order valence-electron chi connectivity index (χ3n) is 4.74. The molecular weight excluding hydrogens is 362 g/mol. The highest BCUT2D eigenvalue weighted by Crippen LogP contribution is 2.24. The Morgan fingerprint density at radius 1 is 0.964 bits per heavy atom. The van der Waals surface area contributed by atoms with Crippen molar-refractivity contribution in [2.24, 2.45) is 0 Å². The van der Waals surface area contributed by atoms with Crippen molar-refractivity contribution in [1.82, 2.24) is 15.7 Å². The quantitative estimate of drug-likeness (QED) is 0.396. The van der Waals surface area contributed by atoms with Crippen molar-refractivity contribution < 1.29 is 24.3 Å². The number of carbonyl (C=O) groups is 3. The number of methoxy groups -OCH3 is 1. The average Bonchev–Trinajstić information content (AvgIpc) is 2.76. The van der Waals surface area contributed by atoms with Crippen LogP contribution in [0.3, 0.4) is 0 Å². The van der Waals surface area contributed by atoms with Crippen molar-refractivity contribution in [3.05, 3.63) is 54.1 Å². The average molecular weight is 385 g/mol. The van der Waals surface area contributed by atoms with E-state index in [1.807, 2.05) is 24.3 Å². The number of nitrogens with one attached hydrogen (secondary N) is 2. The zero-order valence-corrected chi connectivity index (χ0v) is 16.1. The maximum absolute atomic E-state index is 12.8. The van der Waals surface area contributed by atoms with Crippen LogP contribution in [-0.4, -0.2) is 54.6 Å². The van der Waals surface area contributed by atoms with Crippen molar-refractivity contribution in [3.63, 3.8) is 0 Å². The predicted molar refractivity (Wildman–Crippen MR) is 103 cm³/mol. The van der Waals surface area contributed by atoms with Gasteiger partial charge < -0.3 is 15.0 Å². The monoisotopic (exact) mass is 385 g/mol. The fourth-order valence-corrected chi connectivity index (χ4v) is 2.75. The van der Waals surface area contributed by atoms with E-state index < -0.39 is 23.3 Å². The summed E-state index contributed by atoms with van der Waals surface area (Å²) in [6, 6.07) is 14.2. The molecule has 0 radical (unpaired) electrons. The standard InChI is InChI=1S/C20H23N3O5/c1-20(18(25)21-2,19(26)22-27)23(3)17(24)15-7-5-13(6-8-15)14-9-11-16(28-4)12-10-14/h5-12,27H,1-4H3,(H,21,25)(H,22,26)/t20-/m0/s1. The van der Waals surface area contributed by atoms with Crippen molar-refractivity contribution in [1.29, 1.82) is 0 Å². The Balaban J connectivity index is 2.29. The zero-order valence-electron chi connectivity index (χ0n) is 16.1. The summed E-state index contributed by atoms with van der Waals surface area (Å²) in [5.74, 6) is -1.55. The molecule has 0 unspecified atom stereocenters. The molecule has 0 fully saturated rings. The fourth-order valence-electron chi connectivity index (χ4n) is 2.75. The van der Waals surface area contributed by atoms with Crippen molar-refractivity contribution in [2.75, 3.05) is 21.2 Å². The first-order valence-electron chi connectivity index (χ1n) is 8.49. The highest BCUT2D eigenvalue weighted by Gasteiger charge is 2.47. The second kappa shape index (κ2) is 8.53. The molecule has 1 atom stereocenters. The lowest BCUT2D eigenvalue weighted by atomic mass is 9.96. The molecule has 8 nitrogen and oxygen atoms in total. The largest absolute Gasteiger partial charge is 0.497 e. The molecule has 8 heteroatoms. The van der Waals surface area contributed by atoms with Crippen LogP contribution < -0.4 is 15.5 Å². The van der Waals surface area contributed by atoms with Crippen molar-refractivity contribution >= 4 is 17.7 Å². The van der Waals surface area contributed by atoms with E-state index in [0.29, 0.717) is 5.56 Å². The number of carbonyl (C=O) groups excluding carboxylic acids is 3. The van der Waals surface area contributed by atoms with Crippen LogP contribution in [0.5, 0.6) is 5.75 Å². The van der Waals surface area contributed by atoms with Gasteiger partial charge in [-0.05, 0) is 42.3 Å². The minimum absolute atomic E-state index is 0.292. The van der Waals surface area contributed by atoms with E-state index in [4.69, 9.17) is 9.94 Å². The molecule has 2 rings (SSSR count). The van der Waals surface area contributed by atoms with Gasteiger partial charge in [0.1, 0.15) is 5.75 Å². The first-order chi connectivity index (χ1) is 13.3. The predicted octanol–water partition coefficient (Wildman–Crippen LogP) is 1.44. The first kappa shape index (κ1) is 20.9. The Bertz CT molecular complexity index is 846. The van der Waals surface area contributed by atoms with Gasteiger partial charge in [-0.2, -0.15) is 0 Å². The van der Waals surface area contributed by atoms with Crippen LogP contribution in [0, 0.1) is 0 Å². The Morgan fingerprint density at radius 2 is 1.46 bits per heavy atom. The van der Waals surface area contributed by atoms with Gasteiger partial charge in [-0.3, -0.25) is 19.6 Å². The Kier molecular flexibility index (Phi) is 6.37. The van der Waals surface area contributed by atoms with Gasteiger partial charge in [0.25, 0.3) is 17.7 Å². The minimum Gasteiger partial charge on any atom is -0.497 e. The van der Waals surface area contributed by atoms with Crippen molar-refractivity contribution in [2.45, 2.75) is 12.5 Å². The van der Waals surface area contributed by atoms with Crippen LogP contribution in [0.25, 0.3) is 11.1 Å². The Hall–Kier alpha value is -3.39. The summed E-state index contributed by atoms with van der Waals surface area (Å²) < 4.78 is 5.14. The van der Waals surface area contributed by atoms with Crippen LogP contribution in [0.4, 0.5) is 0 Å². The number of benzene rings is 2. The highest BCUT2D eigenvalue weighted by molar-refractivity contribution is 6.12. The van der Waals surface area contributed by atoms with Crippen LogP contribution >= 0.6 is 0 Å². The van der Waals surface area contributed by atoms with E-state index in [0.717, 1.165) is 21.8 Å². The van der Waals surface area contributed by atoms with Crippen LogP contribution in [0.2, 0.25) is 0 Å². The number of hydroxylamine groups is 1. The third kappa shape index (κ3) is 3.81. The summed E-state index contributed by atoms with van der Waals surface area (Å²) in [4.78, 5) is 38.1. The molecule has 2 aromatic carbocycles. The lowest BCUT2D eigenvalue weighted by Crippen LogP contribution is -2.64. The van der Waals surface area contributed by atoms with Gasteiger partial charge in [-0.25, -0.2) is 5.48 Å². The summed E-state index contributed by atoms with van der Waals surface area (Å²) in [6.45, 7) is 1.25. The van der Waals surface area contributed by atoms with Crippen molar-refractivity contribution in [3.8, 4) is 16.9 Å². The second-order valence-corrected chi connectivity index (χ2v) is 6.26. The number of likely N-dealkylation sites (N-methyl/N-ethyl adjacent to an activating group) is 2. The molecule has 3 N–H and O–H groups in total. The van der Waals surface area contributed by atoms with Gasteiger partial charge in [0.15, 0.2) is 5.54 Å². The van der Waals surface area contributed by atoms with Crippen LogP contribution in [0.1, 0.15) is 17.3 Å². The molecule has 0 heterocycles. The number of ether oxygens (including phenoxy) is 1. The van der Waals surface area contributed by atoms with Crippen LogP contribution in [-0.2, 0) is 9.59 Å². The highest BCUT2D eigenvalue weighted by atomic mass is 16.5. The Morgan fingerprint density at radius 3 is 1.89 bits per heavy atom. The Labute approximate surface area is 163 Å². The maximum atomic E-state index is 12.8. The number of hydrogen-bond acceptors (Lipinski definition) is 5. The van der Waals surface area contributed by atoms with E-state index in [-0.39, 0.29) is 0 Å². The third-order valence-corrected chi connectivity index (χ3v) is 4.74. The van der Waals surface area contributed by atoms with E-state index in [1.54, 1.807) is 31.4 Å². The van der Waals surface area contributed by atoms with Gasteiger partial charge in [0.2, 0.25) is 0 Å². The fraction of sp³-hybridized carbons (Fsp3) is 0.250. The number of rotatable bonds is 6.